The monoisotopic (exact) mass is 282 g/mol. The van der Waals surface area contributed by atoms with E-state index in [0.717, 1.165) is 11.3 Å². The maximum Gasteiger partial charge on any atom is 0.233 e. The first-order valence-electron chi connectivity index (χ1n) is 6.92. The summed E-state index contributed by atoms with van der Waals surface area (Å²) in [7, 11) is 0. The Bertz CT molecular complexity index is 721. The molecule has 0 fully saturated rings. The molecule has 0 spiro atoms. The molecule has 0 aliphatic rings. The molecule has 1 unspecified atom stereocenters. The first-order chi connectivity index (χ1) is 10.2. The standard InChI is InChI=1S/C16H18N4O/c1-16(21,13-6-3-2-4-7-13)12-17-10-14-11-19-15-18-8-5-9-20(14)15/h2-9,11,17,21H,10,12H2,1H3. The number of hydrogen-bond donors (Lipinski definition) is 2. The molecule has 0 aliphatic carbocycles. The predicted octanol–water partition coefficient (Wildman–Crippen LogP) is 1.73. The molecule has 0 saturated carbocycles. The lowest BCUT2D eigenvalue weighted by molar-refractivity contribution is 0.0566. The van der Waals surface area contributed by atoms with Gasteiger partial charge in [0.2, 0.25) is 5.78 Å². The van der Waals surface area contributed by atoms with Crippen molar-refractivity contribution in [1.29, 1.82) is 0 Å². The van der Waals surface area contributed by atoms with Crippen LogP contribution in [0.1, 0.15) is 18.2 Å². The molecule has 0 amide bonds. The molecule has 1 aromatic carbocycles. The normalized spacial score (nSPS) is 14.2. The molecule has 3 aromatic rings. The van der Waals surface area contributed by atoms with Gasteiger partial charge in [0.25, 0.3) is 0 Å². The largest absolute Gasteiger partial charge is 0.384 e. The molecule has 0 bridgehead atoms. The van der Waals surface area contributed by atoms with Crippen LogP contribution in [0.25, 0.3) is 5.78 Å². The van der Waals surface area contributed by atoms with E-state index < -0.39 is 5.60 Å². The number of rotatable bonds is 5. The summed E-state index contributed by atoms with van der Waals surface area (Å²) in [5.41, 5.74) is 1.01. The lowest BCUT2D eigenvalue weighted by Gasteiger charge is -2.24. The second kappa shape index (κ2) is 5.63. The molecule has 1 atom stereocenters. The van der Waals surface area contributed by atoms with Gasteiger partial charge in [0, 0.05) is 25.5 Å². The Kier molecular flexibility index (Phi) is 3.68. The van der Waals surface area contributed by atoms with Crippen molar-refractivity contribution < 1.29 is 5.11 Å². The van der Waals surface area contributed by atoms with E-state index >= 15 is 0 Å². The van der Waals surface area contributed by atoms with Gasteiger partial charge in [-0.25, -0.2) is 9.97 Å². The minimum atomic E-state index is -0.903. The highest BCUT2D eigenvalue weighted by Crippen LogP contribution is 2.19. The molecule has 0 aliphatic heterocycles. The number of nitrogens with zero attached hydrogens (tertiary/aromatic N) is 3. The zero-order chi connectivity index (χ0) is 14.7. The molecule has 2 heterocycles. The average molecular weight is 282 g/mol. The number of aromatic nitrogens is 3. The molecule has 5 nitrogen and oxygen atoms in total. The first kappa shape index (κ1) is 13.7. The number of hydrogen-bond acceptors (Lipinski definition) is 4. The van der Waals surface area contributed by atoms with Crippen molar-refractivity contribution in [1.82, 2.24) is 19.7 Å². The fourth-order valence-corrected chi connectivity index (χ4v) is 2.34. The van der Waals surface area contributed by atoms with Crippen molar-refractivity contribution in [2.45, 2.75) is 19.1 Å². The molecule has 2 N–H and O–H groups in total. The Labute approximate surface area is 123 Å². The van der Waals surface area contributed by atoms with Gasteiger partial charge < -0.3 is 10.4 Å². The maximum atomic E-state index is 10.5. The van der Waals surface area contributed by atoms with E-state index in [4.69, 9.17) is 0 Å². The van der Waals surface area contributed by atoms with Crippen molar-refractivity contribution in [3.8, 4) is 0 Å². The van der Waals surface area contributed by atoms with Crippen LogP contribution in [-0.4, -0.2) is 26.0 Å². The summed E-state index contributed by atoms with van der Waals surface area (Å²) in [5, 5.41) is 13.8. The second-order valence-electron chi connectivity index (χ2n) is 5.28. The van der Waals surface area contributed by atoms with Crippen molar-refractivity contribution in [3.05, 3.63) is 66.2 Å². The Hall–Kier alpha value is -2.24. The summed E-state index contributed by atoms with van der Waals surface area (Å²) in [6.45, 7) is 2.89. The summed E-state index contributed by atoms with van der Waals surface area (Å²) in [5.74, 6) is 0.684. The highest BCUT2D eigenvalue weighted by atomic mass is 16.3. The van der Waals surface area contributed by atoms with Crippen molar-refractivity contribution >= 4 is 5.78 Å². The van der Waals surface area contributed by atoms with E-state index in [-0.39, 0.29) is 0 Å². The third kappa shape index (κ3) is 2.94. The van der Waals surface area contributed by atoms with Crippen LogP contribution >= 0.6 is 0 Å². The Morgan fingerprint density at radius 2 is 2.00 bits per heavy atom. The van der Waals surface area contributed by atoms with Crippen LogP contribution < -0.4 is 5.32 Å². The lowest BCUT2D eigenvalue weighted by atomic mass is 9.96. The number of benzene rings is 1. The van der Waals surface area contributed by atoms with Gasteiger partial charge >= 0.3 is 0 Å². The van der Waals surface area contributed by atoms with E-state index in [0.29, 0.717) is 18.9 Å². The van der Waals surface area contributed by atoms with E-state index in [1.54, 1.807) is 12.4 Å². The predicted molar refractivity (Wildman–Crippen MR) is 80.7 cm³/mol. The van der Waals surface area contributed by atoms with Crippen LogP contribution in [0.2, 0.25) is 0 Å². The molecule has 21 heavy (non-hydrogen) atoms. The topological polar surface area (TPSA) is 62.5 Å². The third-order valence-electron chi connectivity index (χ3n) is 3.54. The van der Waals surface area contributed by atoms with Gasteiger partial charge in [0.15, 0.2) is 0 Å². The summed E-state index contributed by atoms with van der Waals surface area (Å²) < 4.78 is 1.93. The first-order valence-corrected chi connectivity index (χ1v) is 6.92. The van der Waals surface area contributed by atoms with Gasteiger partial charge in [0.1, 0.15) is 0 Å². The van der Waals surface area contributed by atoms with E-state index in [1.165, 1.54) is 0 Å². The van der Waals surface area contributed by atoms with Gasteiger partial charge in [-0.15, -0.1) is 0 Å². The molecule has 5 heteroatoms. The van der Waals surface area contributed by atoms with Gasteiger partial charge in [-0.2, -0.15) is 0 Å². The zero-order valence-electron chi connectivity index (χ0n) is 11.9. The molecular weight excluding hydrogens is 264 g/mol. The zero-order valence-corrected chi connectivity index (χ0v) is 11.9. The van der Waals surface area contributed by atoms with Crippen molar-refractivity contribution in [3.63, 3.8) is 0 Å². The van der Waals surface area contributed by atoms with Crippen molar-refractivity contribution in [2.75, 3.05) is 6.54 Å². The van der Waals surface area contributed by atoms with Crippen LogP contribution in [0.3, 0.4) is 0 Å². The lowest BCUT2D eigenvalue weighted by Crippen LogP contribution is -2.35. The fraction of sp³-hybridized carbons (Fsp3) is 0.250. The third-order valence-corrected chi connectivity index (χ3v) is 3.54. The second-order valence-corrected chi connectivity index (χ2v) is 5.28. The fourth-order valence-electron chi connectivity index (χ4n) is 2.34. The van der Waals surface area contributed by atoms with Crippen LogP contribution in [0.5, 0.6) is 0 Å². The Morgan fingerprint density at radius 1 is 1.19 bits per heavy atom. The SMILES string of the molecule is CC(O)(CNCc1cnc2ncccn12)c1ccccc1. The minimum absolute atomic E-state index is 0.463. The summed E-state index contributed by atoms with van der Waals surface area (Å²) in [4.78, 5) is 8.42. The van der Waals surface area contributed by atoms with Crippen LogP contribution in [0.15, 0.2) is 55.0 Å². The van der Waals surface area contributed by atoms with E-state index in [1.807, 2.05) is 53.9 Å². The van der Waals surface area contributed by atoms with Gasteiger partial charge in [-0.3, -0.25) is 4.40 Å². The van der Waals surface area contributed by atoms with Crippen LogP contribution in [0, 0.1) is 0 Å². The number of aliphatic hydroxyl groups is 1. The van der Waals surface area contributed by atoms with E-state index in [2.05, 4.69) is 15.3 Å². The molecule has 0 saturated heterocycles. The molecule has 3 rings (SSSR count). The van der Waals surface area contributed by atoms with Gasteiger partial charge in [-0.1, -0.05) is 30.3 Å². The maximum absolute atomic E-state index is 10.5. The molecule has 0 radical (unpaired) electrons. The molecule has 108 valence electrons. The number of imidazole rings is 1. The van der Waals surface area contributed by atoms with Crippen LogP contribution in [0.4, 0.5) is 0 Å². The van der Waals surface area contributed by atoms with Crippen molar-refractivity contribution in [2.24, 2.45) is 0 Å². The van der Waals surface area contributed by atoms with Gasteiger partial charge in [-0.05, 0) is 18.6 Å². The van der Waals surface area contributed by atoms with E-state index in [9.17, 15) is 5.11 Å². The molecular formula is C16H18N4O. The summed E-state index contributed by atoms with van der Waals surface area (Å²) in [6, 6.07) is 11.5. The van der Waals surface area contributed by atoms with Crippen LogP contribution in [-0.2, 0) is 12.1 Å². The number of nitrogens with one attached hydrogen (secondary N) is 1. The Morgan fingerprint density at radius 3 is 2.81 bits per heavy atom. The summed E-state index contributed by atoms with van der Waals surface area (Å²) >= 11 is 0. The highest BCUT2D eigenvalue weighted by molar-refractivity contribution is 5.30. The smallest absolute Gasteiger partial charge is 0.233 e. The molecule has 2 aromatic heterocycles. The quantitative estimate of drug-likeness (QED) is 0.748. The summed E-state index contributed by atoms with van der Waals surface area (Å²) in [6.07, 6.45) is 5.45. The highest BCUT2D eigenvalue weighted by Gasteiger charge is 2.22. The Balaban J connectivity index is 1.66. The number of fused-ring (bicyclic) bond motifs is 1. The van der Waals surface area contributed by atoms with Gasteiger partial charge in [0.05, 0.1) is 17.5 Å². The minimum Gasteiger partial charge on any atom is -0.384 e. The average Bonchev–Trinajstić information content (AvgIpc) is 2.92.